The van der Waals surface area contributed by atoms with Crippen molar-refractivity contribution in [3.63, 3.8) is 0 Å². The minimum absolute atomic E-state index is 0.0553. The van der Waals surface area contributed by atoms with E-state index in [0.717, 1.165) is 46.1 Å². The van der Waals surface area contributed by atoms with Crippen molar-refractivity contribution in [1.82, 2.24) is 0 Å². The third-order valence-corrected chi connectivity index (χ3v) is 10.00. The number of hydrogen-bond donors (Lipinski definition) is 2. The second-order valence-electron chi connectivity index (χ2n) is 13.3. The van der Waals surface area contributed by atoms with Gasteiger partial charge in [0.25, 0.3) is 0 Å². The van der Waals surface area contributed by atoms with Crippen LogP contribution in [0, 0.1) is 17.3 Å². The number of anilines is 2. The van der Waals surface area contributed by atoms with E-state index in [9.17, 15) is 10.2 Å². The van der Waals surface area contributed by atoms with Gasteiger partial charge in [0, 0.05) is 29.1 Å². The summed E-state index contributed by atoms with van der Waals surface area (Å²) in [6, 6.07) is 30.9. The maximum Gasteiger partial charge on any atom is 0.146 e. The third kappa shape index (κ3) is 6.58. The molecule has 0 bridgehead atoms. The molecule has 2 N–H and O–H groups in total. The number of aromatic hydroxyl groups is 1. The zero-order valence-corrected chi connectivity index (χ0v) is 28.1. The van der Waals surface area contributed by atoms with Gasteiger partial charge in [-0.1, -0.05) is 147 Å². The number of aliphatic hydroxyl groups excluding tert-OH is 1. The van der Waals surface area contributed by atoms with Gasteiger partial charge in [-0.25, -0.2) is 0 Å². The molecule has 4 aromatic carbocycles. The van der Waals surface area contributed by atoms with E-state index in [1.807, 2.05) is 55.5 Å². The Bertz CT molecular complexity index is 1940. The molecule has 2 radical (unpaired) electrons. The van der Waals surface area contributed by atoms with Gasteiger partial charge in [0.2, 0.25) is 0 Å². The van der Waals surface area contributed by atoms with Crippen molar-refractivity contribution < 1.29 is 10.2 Å². The molecule has 2 aliphatic carbocycles. The largest absolute Gasteiger partial charge is 0.515 e. The molecule has 1 saturated carbocycles. The summed E-state index contributed by atoms with van der Waals surface area (Å²) in [4.78, 5) is 2.19. The van der Waals surface area contributed by atoms with Gasteiger partial charge in [0.15, 0.2) is 0 Å². The summed E-state index contributed by atoms with van der Waals surface area (Å²) in [5, 5.41) is 23.9. The third-order valence-electron chi connectivity index (χ3n) is 10.00. The number of phenolic OH excluding ortho intramolecular Hbond substituents is 1. The highest BCUT2D eigenvalue weighted by molar-refractivity contribution is 6.14. The van der Waals surface area contributed by atoms with Gasteiger partial charge in [0.1, 0.15) is 5.75 Å². The molecular weight excluding hydrogens is 585 g/mol. The molecule has 3 unspecified atom stereocenters. The zero-order valence-electron chi connectivity index (χ0n) is 28.1. The number of aliphatic hydroxyl groups is 1. The highest BCUT2D eigenvalue weighted by atomic mass is 16.3. The van der Waals surface area contributed by atoms with Gasteiger partial charge in [-0.05, 0) is 70.9 Å². The molecule has 3 atom stereocenters. The van der Waals surface area contributed by atoms with Crippen LogP contribution in [-0.4, -0.2) is 24.6 Å². The lowest BCUT2D eigenvalue weighted by Gasteiger charge is -2.29. The normalized spacial score (nSPS) is 20.8. The van der Waals surface area contributed by atoms with Gasteiger partial charge in [-0.15, -0.1) is 0 Å². The standard InChI is InChI=1S/C44H44BNO2/c1-4-14-33-20-12-25-41(42(33)48)46(40-24-11-19-32-18-8-9-22-36(32)40)28-13-23-38-37-27-26-34(29-39(37)44(2,3)43(38)45)35(30-47)21-10-17-31-15-6-5-7-16-31/h4-16,18-25,27,29-30,34,38,43,47-48H,17,26,28H2,1-3H3/b14-4-,21-10-,23-13-,35-30+. The Labute approximate surface area is 287 Å². The Morgan fingerprint density at radius 3 is 2.44 bits per heavy atom. The summed E-state index contributed by atoms with van der Waals surface area (Å²) in [5.74, 6) is 0.300. The summed E-state index contributed by atoms with van der Waals surface area (Å²) in [6.45, 7) is 6.98. The van der Waals surface area contributed by atoms with E-state index in [1.165, 1.54) is 23.0 Å². The number of allylic oxidation sites excluding steroid dienone is 9. The number of benzene rings is 4. The zero-order chi connectivity index (χ0) is 33.7. The first-order valence-corrected chi connectivity index (χ1v) is 16.9. The van der Waals surface area contributed by atoms with Crippen molar-refractivity contribution in [2.45, 2.75) is 39.4 Å². The summed E-state index contributed by atoms with van der Waals surface area (Å²) in [7, 11) is 7.03. The number of fused-ring (bicyclic) bond motifs is 2. The van der Waals surface area contributed by atoms with Crippen molar-refractivity contribution >= 4 is 36.1 Å². The first-order chi connectivity index (χ1) is 23.3. The van der Waals surface area contributed by atoms with Crippen LogP contribution in [0.25, 0.3) is 16.8 Å². The van der Waals surface area contributed by atoms with Crippen LogP contribution in [0.4, 0.5) is 11.4 Å². The molecule has 4 aromatic rings. The lowest BCUT2D eigenvalue weighted by atomic mass is 9.65. The summed E-state index contributed by atoms with van der Waals surface area (Å²) < 4.78 is 0. The molecule has 0 heterocycles. The maximum absolute atomic E-state index is 11.4. The SMILES string of the molecule is [B]C1C(/C=C\CN(c2cccc(/C=C\C)c2O)c2cccc3ccccc23)C2=CCC(C(/C=C\Cc3ccccc3)=C/O)C=C2C1(C)C. The van der Waals surface area contributed by atoms with Gasteiger partial charge < -0.3 is 15.1 Å². The molecule has 240 valence electrons. The monoisotopic (exact) mass is 629 g/mol. The lowest BCUT2D eigenvalue weighted by molar-refractivity contribution is 0.433. The maximum atomic E-state index is 11.4. The number of hydrogen-bond acceptors (Lipinski definition) is 3. The molecular formula is C44H44BNO2. The average Bonchev–Trinajstić information content (AvgIpc) is 3.30. The highest BCUT2D eigenvalue weighted by Gasteiger charge is 2.45. The second kappa shape index (κ2) is 14.4. The topological polar surface area (TPSA) is 43.7 Å². The predicted molar refractivity (Wildman–Crippen MR) is 204 cm³/mol. The highest BCUT2D eigenvalue weighted by Crippen LogP contribution is 2.58. The van der Waals surface area contributed by atoms with E-state index in [2.05, 4.69) is 110 Å². The van der Waals surface area contributed by atoms with Crippen LogP contribution in [0.2, 0.25) is 5.82 Å². The van der Waals surface area contributed by atoms with Crippen molar-refractivity contribution in [3.8, 4) is 5.75 Å². The van der Waals surface area contributed by atoms with Crippen LogP contribution < -0.4 is 4.90 Å². The van der Waals surface area contributed by atoms with E-state index < -0.39 is 0 Å². The number of para-hydroxylation sites is 1. The molecule has 6 rings (SSSR count). The minimum Gasteiger partial charge on any atom is -0.515 e. The Morgan fingerprint density at radius 1 is 0.917 bits per heavy atom. The molecule has 0 amide bonds. The molecule has 0 aliphatic heterocycles. The van der Waals surface area contributed by atoms with Crippen LogP contribution in [0.1, 0.15) is 38.3 Å². The first-order valence-electron chi connectivity index (χ1n) is 16.9. The fourth-order valence-corrected chi connectivity index (χ4v) is 7.28. The van der Waals surface area contributed by atoms with Gasteiger partial charge in [0.05, 0.1) is 19.8 Å². The molecule has 2 aliphatic rings. The van der Waals surface area contributed by atoms with Crippen molar-refractivity contribution in [3.05, 3.63) is 168 Å². The summed E-state index contributed by atoms with van der Waals surface area (Å²) in [5.41, 5.74) is 7.03. The van der Waals surface area contributed by atoms with E-state index in [0.29, 0.717) is 6.54 Å². The quantitative estimate of drug-likeness (QED) is 0.0794. The van der Waals surface area contributed by atoms with Crippen LogP contribution >= 0.6 is 0 Å². The van der Waals surface area contributed by atoms with Crippen molar-refractivity contribution in [2.24, 2.45) is 17.3 Å². The van der Waals surface area contributed by atoms with Crippen LogP contribution in [-0.2, 0) is 6.42 Å². The van der Waals surface area contributed by atoms with Crippen LogP contribution in [0.5, 0.6) is 5.75 Å². The minimum atomic E-state index is -0.234. The number of rotatable bonds is 10. The number of phenols is 1. The summed E-state index contributed by atoms with van der Waals surface area (Å²) in [6.07, 6.45) is 20.0. The average molecular weight is 630 g/mol. The Balaban J connectivity index is 1.28. The number of nitrogens with zero attached hydrogens (tertiary/aromatic N) is 1. The molecule has 4 heteroatoms. The lowest BCUT2D eigenvalue weighted by Crippen LogP contribution is -2.19. The predicted octanol–water partition coefficient (Wildman–Crippen LogP) is 11.0. The molecule has 0 spiro atoms. The Morgan fingerprint density at radius 2 is 1.65 bits per heavy atom. The van der Waals surface area contributed by atoms with E-state index >= 15 is 0 Å². The van der Waals surface area contributed by atoms with E-state index in [1.54, 1.807) is 0 Å². The van der Waals surface area contributed by atoms with Crippen molar-refractivity contribution in [2.75, 3.05) is 11.4 Å². The second-order valence-corrected chi connectivity index (χ2v) is 13.3. The van der Waals surface area contributed by atoms with E-state index in [4.69, 9.17) is 7.85 Å². The molecule has 0 aromatic heterocycles. The molecule has 3 nitrogen and oxygen atoms in total. The fraction of sp³-hybridized carbons (Fsp3) is 0.227. The van der Waals surface area contributed by atoms with Crippen LogP contribution in [0.3, 0.4) is 0 Å². The van der Waals surface area contributed by atoms with Gasteiger partial charge in [-0.3, -0.25) is 0 Å². The first kappa shape index (κ1) is 33.0. The van der Waals surface area contributed by atoms with Crippen molar-refractivity contribution in [1.29, 1.82) is 0 Å². The van der Waals surface area contributed by atoms with Crippen LogP contribution in [0.15, 0.2) is 157 Å². The van der Waals surface area contributed by atoms with Gasteiger partial charge >= 0.3 is 0 Å². The summed E-state index contributed by atoms with van der Waals surface area (Å²) >= 11 is 0. The molecule has 1 fully saturated rings. The molecule has 0 saturated heterocycles. The van der Waals surface area contributed by atoms with Gasteiger partial charge in [-0.2, -0.15) is 0 Å². The molecule has 48 heavy (non-hydrogen) atoms. The fourth-order valence-electron chi connectivity index (χ4n) is 7.28. The smallest absolute Gasteiger partial charge is 0.146 e. The Hall–Kier alpha value is -4.96. The Kier molecular flexibility index (Phi) is 9.91. The van der Waals surface area contributed by atoms with E-state index in [-0.39, 0.29) is 28.8 Å².